The molecule has 2 aliphatic rings. The third-order valence-corrected chi connectivity index (χ3v) is 5.27. The quantitative estimate of drug-likeness (QED) is 0.393. The average Bonchev–Trinajstić information content (AvgIpc) is 2.89. The van der Waals surface area contributed by atoms with Crippen LogP contribution in [0.5, 0.6) is 0 Å². The van der Waals surface area contributed by atoms with Crippen LogP contribution in [0.2, 0.25) is 0 Å². The van der Waals surface area contributed by atoms with Crippen molar-refractivity contribution in [3.63, 3.8) is 0 Å². The van der Waals surface area contributed by atoms with Gasteiger partial charge in [0.25, 0.3) is 0 Å². The van der Waals surface area contributed by atoms with Crippen LogP contribution in [-0.4, -0.2) is 39.7 Å². The number of alkyl halides is 3. The molecular weight excluding hydrogens is 391 g/mol. The van der Waals surface area contributed by atoms with Crippen molar-refractivity contribution in [1.82, 2.24) is 0 Å². The molecule has 2 aliphatic carbocycles. The normalized spacial score (nSPS) is 28.1. The number of rotatable bonds is 5. The van der Waals surface area contributed by atoms with Gasteiger partial charge in [-0.05, 0) is 36.5 Å². The predicted molar refractivity (Wildman–Crippen MR) is 95.5 cm³/mol. The van der Waals surface area contributed by atoms with Crippen LogP contribution in [0.15, 0.2) is 29.4 Å². The number of aliphatic hydroxyl groups excluding tert-OH is 2. The van der Waals surface area contributed by atoms with Crippen molar-refractivity contribution < 1.29 is 38.1 Å². The van der Waals surface area contributed by atoms with Crippen LogP contribution in [0.25, 0.3) is 0 Å². The first-order chi connectivity index (χ1) is 13.7. The van der Waals surface area contributed by atoms with Crippen LogP contribution in [0, 0.1) is 29.6 Å². The first-order valence-electron chi connectivity index (χ1n) is 9.11. The second-order valence-electron chi connectivity index (χ2n) is 7.18. The van der Waals surface area contributed by atoms with Gasteiger partial charge >= 0.3 is 12.1 Å². The van der Waals surface area contributed by atoms with Gasteiger partial charge in [0.2, 0.25) is 0 Å². The van der Waals surface area contributed by atoms with E-state index in [-0.39, 0.29) is 30.4 Å². The maximum absolute atomic E-state index is 12.8. The van der Waals surface area contributed by atoms with E-state index in [1.807, 2.05) is 0 Å². The summed E-state index contributed by atoms with van der Waals surface area (Å²) in [6.45, 7) is -0.0365. The Labute approximate surface area is 165 Å². The number of aliphatic carboxylic acids is 1. The molecule has 0 aromatic heterocycles. The fraction of sp³-hybridized carbons (Fsp3) is 0.500. The smallest absolute Gasteiger partial charge is 0.416 e. The number of aliphatic hydroxyl groups is 2. The molecule has 0 radical (unpaired) electrons. The Morgan fingerprint density at radius 3 is 2.83 bits per heavy atom. The molecule has 0 bridgehead atoms. The highest BCUT2D eigenvalue weighted by Gasteiger charge is 2.51. The van der Waals surface area contributed by atoms with Crippen molar-refractivity contribution in [3.05, 3.63) is 35.4 Å². The zero-order chi connectivity index (χ0) is 21.2. The average molecular weight is 411 g/mol. The van der Waals surface area contributed by atoms with Crippen molar-refractivity contribution >= 4 is 11.7 Å². The van der Waals surface area contributed by atoms with Crippen molar-refractivity contribution in [2.75, 3.05) is 6.61 Å². The molecular formula is C20H20F3NO5. The van der Waals surface area contributed by atoms with Crippen molar-refractivity contribution in [1.29, 1.82) is 0 Å². The maximum atomic E-state index is 12.8. The highest BCUT2D eigenvalue weighted by molar-refractivity contribution is 5.93. The van der Waals surface area contributed by atoms with Crippen molar-refractivity contribution in [2.24, 2.45) is 22.9 Å². The largest absolute Gasteiger partial charge is 0.481 e. The van der Waals surface area contributed by atoms with Gasteiger partial charge in [-0.2, -0.15) is 13.2 Å². The first-order valence-corrected chi connectivity index (χ1v) is 9.11. The summed E-state index contributed by atoms with van der Waals surface area (Å²) in [7, 11) is 0. The van der Waals surface area contributed by atoms with Gasteiger partial charge < -0.3 is 20.2 Å². The summed E-state index contributed by atoms with van der Waals surface area (Å²) in [6.07, 6.45) is -5.77. The molecule has 0 saturated heterocycles. The second-order valence-corrected chi connectivity index (χ2v) is 7.18. The second kappa shape index (κ2) is 8.43. The predicted octanol–water partition coefficient (Wildman–Crippen LogP) is 2.61. The van der Waals surface area contributed by atoms with Crippen LogP contribution >= 0.6 is 0 Å². The van der Waals surface area contributed by atoms with Crippen LogP contribution in [0.4, 0.5) is 13.2 Å². The molecule has 0 spiro atoms. The van der Waals surface area contributed by atoms with E-state index in [1.54, 1.807) is 0 Å². The molecule has 2 fully saturated rings. The molecule has 9 heteroatoms. The zero-order valence-corrected chi connectivity index (χ0v) is 15.3. The number of carbonyl (C=O) groups is 1. The Kier molecular flexibility index (Phi) is 6.15. The lowest BCUT2D eigenvalue weighted by Gasteiger charge is -2.33. The van der Waals surface area contributed by atoms with Gasteiger partial charge in [-0.25, -0.2) is 0 Å². The Morgan fingerprint density at radius 1 is 1.38 bits per heavy atom. The van der Waals surface area contributed by atoms with Gasteiger partial charge in [0.05, 0.1) is 23.8 Å². The Morgan fingerprint density at radius 2 is 2.14 bits per heavy atom. The lowest BCUT2D eigenvalue weighted by atomic mass is 9.73. The van der Waals surface area contributed by atoms with Gasteiger partial charge in [-0.15, -0.1) is 0 Å². The molecule has 29 heavy (non-hydrogen) atoms. The molecule has 5 atom stereocenters. The van der Waals surface area contributed by atoms with E-state index >= 15 is 0 Å². The summed E-state index contributed by atoms with van der Waals surface area (Å²) in [5.74, 6) is 3.84. The lowest BCUT2D eigenvalue weighted by molar-refractivity contribution is -0.138. The number of nitrogens with zero attached hydrogens (tertiary/aromatic N) is 1. The fourth-order valence-electron chi connectivity index (χ4n) is 3.67. The number of fused-ring (bicyclic) bond motifs is 1. The standard InChI is InChI=1S/C20H20F3NO5/c21-20(22,23)13-3-1-2-11(8-13)17(25)5-4-12-9-14-15(19(12)28)10-16(14)24-29-7-6-18(26)27/h1-3,8,12,14-15,17,19,25,28H,6-7,9-10H2,(H,26,27). The summed E-state index contributed by atoms with van der Waals surface area (Å²) < 4.78 is 38.4. The van der Waals surface area contributed by atoms with Gasteiger partial charge in [0.1, 0.15) is 12.7 Å². The van der Waals surface area contributed by atoms with Crippen LogP contribution in [0.1, 0.15) is 36.5 Å². The van der Waals surface area contributed by atoms with Gasteiger partial charge in [0, 0.05) is 11.8 Å². The highest BCUT2D eigenvalue weighted by Crippen LogP contribution is 2.48. The number of carboxylic acid groups (broad SMARTS) is 1. The van der Waals surface area contributed by atoms with Gasteiger partial charge in [0.15, 0.2) is 0 Å². The number of hydrogen-bond acceptors (Lipinski definition) is 5. The summed E-state index contributed by atoms with van der Waals surface area (Å²) in [5.41, 5.74) is -0.0856. The number of oxime groups is 1. The number of benzene rings is 1. The Bertz CT molecular complexity index is 858. The SMILES string of the molecule is O=C(O)CCON=C1CC2C1CC(C#CC(O)c1cccc(C(F)(F)F)c1)C2O. The summed E-state index contributed by atoms with van der Waals surface area (Å²) in [4.78, 5) is 15.4. The van der Waals surface area contributed by atoms with E-state index in [0.29, 0.717) is 12.8 Å². The number of halogens is 3. The third kappa shape index (κ3) is 4.89. The minimum Gasteiger partial charge on any atom is -0.481 e. The minimum absolute atomic E-state index is 0.0279. The topological polar surface area (TPSA) is 99.4 Å². The van der Waals surface area contributed by atoms with Crippen LogP contribution in [-0.2, 0) is 15.8 Å². The van der Waals surface area contributed by atoms with E-state index in [0.717, 1.165) is 17.8 Å². The molecule has 5 unspecified atom stereocenters. The summed E-state index contributed by atoms with van der Waals surface area (Å²) in [6, 6.07) is 4.35. The monoisotopic (exact) mass is 411 g/mol. The molecule has 1 aromatic rings. The van der Waals surface area contributed by atoms with E-state index in [1.165, 1.54) is 12.1 Å². The molecule has 0 aliphatic heterocycles. The summed E-state index contributed by atoms with van der Waals surface area (Å²) in [5, 5.41) is 33.0. The lowest BCUT2D eigenvalue weighted by Crippen LogP contribution is -2.38. The Hall–Kier alpha value is -2.57. The Balaban J connectivity index is 1.60. The fourth-order valence-corrected chi connectivity index (χ4v) is 3.67. The van der Waals surface area contributed by atoms with Crippen LogP contribution in [0.3, 0.4) is 0 Å². The first kappa shape index (κ1) is 21.1. The van der Waals surface area contributed by atoms with Gasteiger partial charge in [-0.1, -0.05) is 29.1 Å². The van der Waals surface area contributed by atoms with E-state index in [9.17, 15) is 28.2 Å². The molecule has 0 amide bonds. The maximum Gasteiger partial charge on any atom is 0.416 e. The number of hydrogen-bond donors (Lipinski definition) is 3. The highest BCUT2D eigenvalue weighted by atomic mass is 19.4. The third-order valence-electron chi connectivity index (χ3n) is 5.27. The van der Waals surface area contributed by atoms with E-state index in [2.05, 4.69) is 17.0 Å². The molecule has 1 aromatic carbocycles. The summed E-state index contributed by atoms with van der Waals surface area (Å²) >= 11 is 0. The zero-order valence-electron chi connectivity index (χ0n) is 15.3. The molecule has 3 N–H and O–H groups in total. The van der Waals surface area contributed by atoms with E-state index < -0.39 is 35.8 Å². The van der Waals surface area contributed by atoms with Crippen LogP contribution < -0.4 is 0 Å². The molecule has 3 rings (SSSR count). The molecule has 6 nitrogen and oxygen atoms in total. The number of carboxylic acids is 1. The molecule has 0 heterocycles. The van der Waals surface area contributed by atoms with Gasteiger partial charge in [-0.3, -0.25) is 4.79 Å². The van der Waals surface area contributed by atoms with Crippen molar-refractivity contribution in [3.8, 4) is 11.8 Å². The minimum atomic E-state index is -4.51. The molecule has 2 saturated carbocycles. The molecule has 156 valence electrons. The van der Waals surface area contributed by atoms with Crippen molar-refractivity contribution in [2.45, 2.75) is 37.6 Å². The van der Waals surface area contributed by atoms with E-state index in [4.69, 9.17) is 9.94 Å².